The maximum absolute atomic E-state index is 13.9. The van der Waals surface area contributed by atoms with Crippen molar-refractivity contribution < 1.29 is 27.5 Å². The van der Waals surface area contributed by atoms with Crippen molar-refractivity contribution in [2.24, 2.45) is 0 Å². The molecule has 146 valence electrons. The number of hydrogen-bond acceptors (Lipinski definition) is 6. The van der Waals surface area contributed by atoms with Crippen LogP contribution in [0.4, 0.5) is 14.8 Å². The molecule has 7 nitrogen and oxygen atoms in total. The molecule has 1 amide bonds. The molecule has 1 fully saturated rings. The van der Waals surface area contributed by atoms with E-state index in [0.29, 0.717) is 30.0 Å². The number of ether oxygens (including phenoxy) is 2. The number of anilines is 1. The van der Waals surface area contributed by atoms with E-state index in [1.165, 1.54) is 13.2 Å². The van der Waals surface area contributed by atoms with Crippen molar-refractivity contribution in [1.82, 2.24) is 9.88 Å². The van der Waals surface area contributed by atoms with Crippen molar-refractivity contribution in [2.75, 3.05) is 19.0 Å². The molecule has 1 saturated heterocycles. The lowest BCUT2D eigenvalue weighted by Gasteiger charge is -2.31. The van der Waals surface area contributed by atoms with Gasteiger partial charge >= 0.3 is 0 Å². The number of amides is 1. The van der Waals surface area contributed by atoms with Gasteiger partial charge in [-0.05, 0) is 12.1 Å². The topological polar surface area (TPSA) is 76.8 Å². The van der Waals surface area contributed by atoms with Gasteiger partial charge in [-0.2, -0.15) is 4.98 Å². The first-order chi connectivity index (χ1) is 13.5. The van der Waals surface area contributed by atoms with Gasteiger partial charge in [0.25, 0.3) is 11.9 Å². The van der Waals surface area contributed by atoms with E-state index < -0.39 is 18.2 Å². The van der Waals surface area contributed by atoms with E-state index in [2.05, 4.69) is 10.3 Å². The summed E-state index contributed by atoms with van der Waals surface area (Å²) in [5, 5.41) is 3.35. The maximum Gasteiger partial charge on any atom is 0.296 e. The summed E-state index contributed by atoms with van der Waals surface area (Å²) in [6.45, 7) is 0.357. The summed E-state index contributed by atoms with van der Waals surface area (Å²) < 4.78 is 44.0. The average Bonchev–Trinajstić information content (AvgIpc) is 3.28. The molecule has 28 heavy (non-hydrogen) atoms. The lowest BCUT2D eigenvalue weighted by atomic mass is 10.1. The van der Waals surface area contributed by atoms with E-state index in [-0.39, 0.29) is 35.1 Å². The van der Waals surface area contributed by atoms with Crippen molar-refractivity contribution in [3.63, 3.8) is 0 Å². The molecule has 0 saturated carbocycles. The second-order valence-corrected chi connectivity index (χ2v) is 6.93. The summed E-state index contributed by atoms with van der Waals surface area (Å²) in [5.74, 6) is -0.172. The second kappa shape index (κ2) is 6.22. The molecular formula is C19H17F2N3O4. The van der Waals surface area contributed by atoms with Crippen LogP contribution < -0.4 is 25.6 Å². The standard InChI is InChI=1S/C19H17F2N3O4/c1-26-12-3-2-4-13-15(12)18(25)24-8-9(7-14(24)27-13)22-19-23-11-6-5-10(20)16(21)17(11)28-19/h2-4,6,9-10,14H,5,7-8H2,1H3,(H,22,23)/t9-,10?,14?/m1/s1. The smallest absolute Gasteiger partial charge is 0.296 e. The number of halogens is 2. The number of benzene rings is 1. The second-order valence-electron chi connectivity index (χ2n) is 6.93. The Bertz CT molecular complexity index is 1080. The fourth-order valence-electron chi connectivity index (χ4n) is 3.85. The van der Waals surface area contributed by atoms with Gasteiger partial charge in [0.2, 0.25) is 0 Å². The highest BCUT2D eigenvalue weighted by Crippen LogP contribution is 2.38. The summed E-state index contributed by atoms with van der Waals surface area (Å²) >= 11 is 0. The zero-order chi connectivity index (χ0) is 19.4. The van der Waals surface area contributed by atoms with Crippen LogP contribution in [0.5, 0.6) is 11.5 Å². The molecule has 5 rings (SSSR count). The number of carbonyl (C=O) groups excluding carboxylic acids is 1. The molecule has 2 unspecified atom stereocenters. The minimum Gasteiger partial charge on any atom is -0.496 e. The Hall–Kier alpha value is -3.10. The number of nitrogens with one attached hydrogen (secondary N) is 1. The van der Waals surface area contributed by atoms with Gasteiger partial charge in [-0.3, -0.25) is 4.79 Å². The first-order valence-corrected chi connectivity index (χ1v) is 8.97. The highest BCUT2D eigenvalue weighted by atomic mass is 19.2. The summed E-state index contributed by atoms with van der Waals surface area (Å²) in [6.07, 6.45) is -0.193. The van der Waals surface area contributed by atoms with Crippen LogP contribution in [-0.2, 0) is 0 Å². The number of fused-ring (bicyclic) bond motifs is 3. The lowest BCUT2D eigenvalue weighted by molar-refractivity contribution is 0.0288. The SMILES string of the molecule is COc1cccc2c1C(=O)N1C[C@H](Nc3nc4c(o3)=C(F)C(F)CC=4)CC1O2. The van der Waals surface area contributed by atoms with Crippen molar-refractivity contribution in [3.8, 4) is 11.5 Å². The zero-order valence-electron chi connectivity index (χ0n) is 14.9. The molecular weight excluding hydrogens is 372 g/mol. The Labute approximate surface area is 158 Å². The van der Waals surface area contributed by atoms with E-state index in [1.807, 2.05) is 0 Å². The van der Waals surface area contributed by atoms with Crippen LogP contribution in [0.25, 0.3) is 11.9 Å². The molecule has 0 radical (unpaired) electrons. The molecule has 2 aromatic rings. The molecule has 2 aliphatic heterocycles. The third-order valence-corrected chi connectivity index (χ3v) is 5.19. The van der Waals surface area contributed by atoms with Gasteiger partial charge in [0.05, 0.1) is 13.2 Å². The number of methoxy groups -OCH3 is 1. The Morgan fingerprint density at radius 3 is 3.07 bits per heavy atom. The van der Waals surface area contributed by atoms with Crippen LogP contribution in [0.3, 0.4) is 0 Å². The van der Waals surface area contributed by atoms with Crippen molar-refractivity contribution in [2.45, 2.75) is 31.3 Å². The molecule has 1 aromatic heterocycles. The van der Waals surface area contributed by atoms with Gasteiger partial charge in [0.15, 0.2) is 23.6 Å². The molecule has 1 N–H and O–H groups in total. The van der Waals surface area contributed by atoms with Crippen LogP contribution in [0, 0.1) is 0 Å². The van der Waals surface area contributed by atoms with Gasteiger partial charge in [-0.15, -0.1) is 0 Å². The monoisotopic (exact) mass is 389 g/mol. The van der Waals surface area contributed by atoms with Crippen molar-refractivity contribution in [3.05, 3.63) is 34.5 Å². The highest BCUT2D eigenvalue weighted by Gasteiger charge is 2.43. The quantitative estimate of drug-likeness (QED) is 0.854. The highest BCUT2D eigenvalue weighted by molar-refractivity contribution is 6.01. The summed E-state index contributed by atoms with van der Waals surface area (Å²) in [6, 6.07) is 5.10. The van der Waals surface area contributed by atoms with E-state index in [0.717, 1.165) is 0 Å². The fraction of sp³-hybridized carbons (Fsp3) is 0.368. The molecule has 3 aliphatic rings. The van der Waals surface area contributed by atoms with Gasteiger partial charge in [0.1, 0.15) is 22.4 Å². The minimum absolute atomic E-state index is 0.0630. The normalized spacial score (nSPS) is 25.4. The predicted molar refractivity (Wildman–Crippen MR) is 94.7 cm³/mol. The number of alkyl halides is 1. The minimum atomic E-state index is -1.70. The number of carbonyl (C=O) groups is 1. The van der Waals surface area contributed by atoms with Gasteiger partial charge in [0, 0.05) is 19.4 Å². The molecule has 0 bridgehead atoms. The third-order valence-electron chi connectivity index (χ3n) is 5.19. The van der Waals surface area contributed by atoms with Gasteiger partial charge in [-0.1, -0.05) is 12.1 Å². The van der Waals surface area contributed by atoms with E-state index in [1.54, 1.807) is 23.1 Å². The number of nitrogens with zero attached hydrogens (tertiary/aromatic N) is 2. The van der Waals surface area contributed by atoms with Crippen LogP contribution in [0.1, 0.15) is 23.2 Å². The molecule has 1 aliphatic carbocycles. The van der Waals surface area contributed by atoms with Crippen molar-refractivity contribution >= 4 is 23.8 Å². The molecule has 3 heterocycles. The van der Waals surface area contributed by atoms with Crippen LogP contribution in [-0.4, -0.2) is 47.9 Å². The van der Waals surface area contributed by atoms with E-state index in [9.17, 15) is 13.6 Å². The van der Waals surface area contributed by atoms with E-state index >= 15 is 0 Å². The number of oxazole rings is 1. The van der Waals surface area contributed by atoms with Crippen LogP contribution in [0.2, 0.25) is 0 Å². The van der Waals surface area contributed by atoms with Gasteiger partial charge in [-0.25, -0.2) is 8.78 Å². The number of rotatable bonds is 3. The number of hydrogen-bond donors (Lipinski definition) is 1. The third kappa shape index (κ3) is 2.53. The maximum atomic E-state index is 13.9. The first kappa shape index (κ1) is 17.0. The van der Waals surface area contributed by atoms with Crippen molar-refractivity contribution in [1.29, 1.82) is 0 Å². The Kier molecular flexibility index (Phi) is 3.78. The fourth-order valence-corrected chi connectivity index (χ4v) is 3.85. The molecule has 0 spiro atoms. The Morgan fingerprint density at radius 2 is 2.25 bits per heavy atom. The van der Waals surface area contributed by atoms with Crippen LogP contribution in [0.15, 0.2) is 22.6 Å². The summed E-state index contributed by atoms with van der Waals surface area (Å²) in [7, 11) is 1.50. The predicted octanol–water partition coefficient (Wildman–Crippen LogP) is 1.33. The molecule has 9 heteroatoms. The Balaban J connectivity index is 1.38. The lowest BCUT2D eigenvalue weighted by Crippen LogP contribution is -2.43. The Morgan fingerprint density at radius 1 is 1.39 bits per heavy atom. The largest absolute Gasteiger partial charge is 0.496 e. The molecule has 3 atom stereocenters. The molecule has 1 aromatic carbocycles. The average molecular weight is 389 g/mol. The summed E-state index contributed by atoms with van der Waals surface area (Å²) in [4.78, 5) is 18.7. The summed E-state index contributed by atoms with van der Waals surface area (Å²) in [5.41, 5.74) is 0.218. The van der Waals surface area contributed by atoms with Crippen LogP contribution >= 0.6 is 0 Å². The van der Waals surface area contributed by atoms with E-state index in [4.69, 9.17) is 13.9 Å². The first-order valence-electron chi connectivity index (χ1n) is 8.97. The number of aromatic nitrogens is 1. The van der Waals surface area contributed by atoms with Gasteiger partial charge < -0.3 is 24.1 Å². The zero-order valence-corrected chi connectivity index (χ0v) is 14.9.